The second kappa shape index (κ2) is 10.3. The molecule has 1 aliphatic carbocycles. The van der Waals surface area contributed by atoms with Crippen molar-refractivity contribution in [2.45, 2.75) is 57.5 Å². The zero-order chi connectivity index (χ0) is 18.9. The van der Waals surface area contributed by atoms with Crippen LogP contribution in [0.25, 0.3) is 0 Å². The molecule has 2 aromatic rings. The molecule has 1 saturated carbocycles. The first-order valence-electron chi connectivity index (χ1n) is 10.3. The van der Waals surface area contributed by atoms with Gasteiger partial charge in [-0.15, -0.1) is 6.58 Å². The number of ether oxygens (including phenoxy) is 1. The van der Waals surface area contributed by atoms with E-state index in [1.807, 2.05) is 25.2 Å². The van der Waals surface area contributed by atoms with Gasteiger partial charge in [-0.3, -0.25) is 0 Å². The molecule has 0 aromatic heterocycles. The van der Waals surface area contributed by atoms with E-state index in [0.717, 1.165) is 12.3 Å². The summed E-state index contributed by atoms with van der Waals surface area (Å²) in [6, 6.07) is 18.3. The van der Waals surface area contributed by atoms with Crippen LogP contribution >= 0.6 is 0 Å². The van der Waals surface area contributed by atoms with Crippen molar-refractivity contribution in [3.05, 3.63) is 95.6 Å². The van der Waals surface area contributed by atoms with Crippen LogP contribution in [0.4, 0.5) is 0 Å². The van der Waals surface area contributed by atoms with Gasteiger partial charge in [-0.25, -0.2) is 0 Å². The zero-order valence-electron chi connectivity index (χ0n) is 16.6. The van der Waals surface area contributed by atoms with E-state index < -0.39 is 0 Å². The zero-order valence-corrected chi connectivity index (χ0v) is 16.6. The molecule has 1 aliphatic rings. The van der Waals surface area contributed by atoms with Crippen molar-refractivity contribution in [1.29, 1.82) is 0 Å². The minimum absolute atomic E-state index is 0.691. The highest BCUT2D eigenvalue weighted by molar-refractivity contribution is 5.29. The van der Waals surface area contributed by atoms with Gasteiger partial charge in [-0.05, 0) is 73.1 Å². The highest BCUT2D eigenvalue weighted by Gasteiger charge is 2.23. The second-order valence-corrected chi connectivity index (χ2v) is 7.61. The highest BCUT2D eigenvalue weighted by atomic mass is 16.5. The molecule has 0 spiro atoms. The third kappa shape index (κ3) is 5.68. The lowest BCUT2D eigenvalue weighted by molar-refractivity contribution is 0.148. The summed E-state index contributed by atoms with van der Waals surface area (Å²) in [5, 5.41) is 0. The summed E-state index contributed by atoms with van der Waals surface area (Å²) in [6.45, 7) is 7.23. The molecule has 0 aliphatic heterocycles. The normalized spacial score (nSPS) is 20.0. The predicted octanol–water partition coefficient (Wildman–Crippen LogP) is 6.95. The Balaban J connectivity index is 1.50. The topological polar surface area (TPSA) is 9.23 Å². The Labute approximate surface area is 164 Å². The van der Waals surface area contributed by atoms with E-state index in [9.17, 15) is 0 Å². The van der Waals surface area contributed by atoms with Crippen LogP contribution in [0.2, 0.25) is 0 Å². The van der Waals surface area contributed by atoms with Gasteiger partial charge in [0, 0.05) is 0 Å². The van der Waals surface area contributed by atoms with E-state index in [1.54, 1.807) is 0 Å². The molecule has 0 bridgehead atoms. The number of benzene rings is 2. The van der Waals surface area contributed by atoms with Gasteiger partial charge in [0.2, 0.25) is 0 Å². The Morgan fingerprint density at radius 3 is 1.85 bits per heavy atom. The van der Waals surface area contributed by atoms with Crippen LogP contribution in [0.15, 0.2) is 73.3 Å². The van der Waals surface area contributed by atoms with Crippen LogP contribution in [-0.2, 0) is 17.8 Å². The van der Waals surface area contributed by atoms with Gasteiger partial charge >= 0.3 is 0 Å². The third-order valence-corrected chi connectivity index (χ3v) is 5.73. The van der Waals surface area contributed by atoms with E-state index in [2.05, 4.69) is 55.1 Å². The van der Waals surface area contributed by atoms with Crippen LogP contribution in [0, 0.1) is 0 Å². The monoisotopic (exact) mass is 360 g/mol. The van der Waals surface area contributed by atoms with Crippen molar-refractivity contribution in [2.75, 3.05) is 6.61 Å². The number of hydrogen-bond donors (Lipinski definition) is 0. The summed E-state index contributed by atoms with van der Waals surface area (Å²) >= 11 is 0. The van der Waals surface area contributed by atoms with Crippen molar-refractivity contribution in [3.8, 4) is 0 Å². The maximum atomic E-state index is 5.64. The molecule has 0 heterocycles. The second-order valence-electron chi connectivity index (χ2n) is 7.61. The first kappa shape index (κ1) is 19.6. The standard InChI is InChI=1S/C26H32O/c1-3-5-19-27-20-22-9-13-24(14-10-22)26-17-15-25(16-18-26)23-11-7-21(6-4-2)8-12-23/h3-5,7-14,25-26H,2,6,15-20H2,1H3/b5-3+. The number of hydrogen-bond acceptors (Lipinski definition) is 1. The first-order valence-corrected chi connectivity index (χ1v) is 10.3. The summed E-state index contributed by atoms with van der Waals surface area (Å²) in [5.41, 5.74) is 5.62. The van der Waals surface area contributed by atoms with E-state index in [-0.39, 0.29) is 0 Å². The molecule has 1 heteroatoms. The molecule has 1 nitrogen and oxygen atoms in total. The van der Waals surface area contributed by atoms with Crippen LogP contribution in [0.5, 0.6) is 0 Å². The molecule has 27 heavy (non-hydrogen) atoms. The third-order valence-electron chi connectivity index (χ3n) is 5.73. The van der Waals surface area contributed by atoms with Crippen molar-refractivity contribution in [1.82, 2.24) is 0 Å². The SMILES string of the molecule is C=CCc1ccc(C2CCC(c3ccc(COC/C=C/C)cc3)CC2)cc1. The van der Waals surface area contributed by atoms with Gasteiger partial charge in [0.1, 0.15) is 0 Å². The molecule has 0 atom stereocenters. The molecule has 142 valence electrons. The van der Waals surface area contributed by atoms with Gasteiger partial charge in [0.25, 0.3) is 0 Å². The average Bonchev–Trinajstić information content (AvgIpc) is 2.73. The lowest BCUT2D eigenvalue weighted by Gasteiger charge is -2.29. The van der Waals surface area contributed by atoms with E-state index in [1.165, 1.54) is 47.9 Å². The Kier molecular flexibility index (Phi) is 7.47. The van der Waals surface area contributed by atoms with Crippen molar-refractivity contribution in [2.24, 2.45) is 0 Å². The predicted molar refractivity (Wildman–Crippen MR) is 115 cm³/mol. The number of rotatable bonds is 8. The first-order chi connectivity index (χ1) is 13.3. The van der Waals surface area contributed by atoms with E-state index in [0.29, 0.717) is 19.1 Å². The maximum Gasteiger partial charge on any atom is 0.0721 e. The Morgan fingerprint density at radius 2 is 1.37 bits per heavy atom. The largest absolute Gasteiger partial charge is 0.373 e. The lowest BCUT2D eigenvalue weighted by Crippen LogP contribution is -2.12. The fraction of sp³-hybridized carbons (Fsp3) is 0.385. The highest BCUT2D eigenvalue weighted by Crippen LogP contribution is 2.40. The minimum Gasteiger partial charge on any atom is -0.373 e. The molecule has 1 fully saturated rings. The molecule has 0 saturated heterocycles. The van der Waals surface area contributed by atoms with Crippen LogP contribution in [0.1, 0.15) is 66.7 Å². The lowest BCUT2D eigenvalue weighted by atomic mass is 9.76. The molecule has 3 rings (SSSR count). The van der Waals surface area contributed by atoms with Crippen LogP contribution < -0.4 is 0 Å². The van der Waals surface area contributed by atoms with Gasteiger partial charge < -0.3 is 4.74 Å². The average molecular weight is 361 g/mol. The molecule has 0 amide bonds. The summed E-state index contributed by atoms with van der Waals surface area (Å²) in [6.07, 6.45) is 12.2. The smallest absolute Gasteiger partial charge is 0.0721 e. The van der Waals surface area contributed by atoms with Gasteiger partial charge in [0.05, 0.1) is 13.2 Å². The van der Waals surface area contributed by atoms with E-state index >= 15 is 0 Å². The van der Waals surface area contributed by atoms with Gasteiger partial charge in [-0.2, -0.15) is 0 Å². The summed E-state index contributed by atoms with van der Waals surface area (Å²) in [5.74, 6) is 1.43. The Morgan fingerprint density at radius 1 is 0.852 bits per heavy atom. The summed E-state index contributed by atoms with van der Waals surface area (Å²) < 4.78 is 5.64. The van der Waals surface area contributed by atoms with Crippen molar-refractivity contribution >= 4 is 0 Å². The maximum absolute atomic E-state index is 5.64. The van der Waals surface area contributed by atoms with Crippen molar-refractivity contribution in [3.63, 3.8) is 0 Å². The van der Waals surface area contributed by atoms with E-state index in [4.69, 9.17) is 4.74 Å². The molecule has 2 aromatic carbocycles. The van der Waals surface area contributed by atoms with Gasteiger partial charge in [-0.1, -0.05) is 66.8 Å². The Hall–Kier alpha value is -2.12. The quantitative estimate of drug-likeness (QED) is 0.365. The minimum atomic E-state index is 0.691. The number of allylic oxidation sites excluding steroid dienone is 2. The summed E-state index contributed by atoms with van der Waals surface area (Å²) in [7, 11) is 0. The summed E-state index contributed by atoms with van der Waals surface area (Å²) in [4.78, 5) is 0. The van der Waals surface area contributed by atoms with Crippen molar-refractivity contribution < 1.29 is 4.74 Å². The van der Waals surface area contributed by atoms with Crippen LogP contribution in [-0.4, -0.2) is 6.61 Å². The van der Waals surface area contributed by atoms with Crippen LogP contribution in [0.3, 0.4) is 0 Å². The molecule has 0 unspecified atom stereocenters. The molecule has 0 radical (unpaired) electrons. The fourth-order valence-corrected chi connectivity index (χ4v) is 4.08. The fourth-order valence-electron chi connectivity index (χ4n) is 4.08. The van der Waals surface area contributed by atoms with Gasteiger partial charge in [0.15, 0.2) is 0 Å². The molecular weight excluding hydrogens is 328 g/mol. The molecule has 0 N–H and O–H groups in total. The molecular formula is C26H32O. The Bertz CT molecular complexity index is 716.